The zero-order valence-corrected chi connectivity index (χ0v) is 13.2. The summed E-state index contributed by atoms with van der Waals surface area (Å²) in [4.78, 5) is 18.4. The topological polar surface area (TPSA) is 54.5 Å². The summed E-state index contributed by atoms with van der Waals surface area (Å²) in [5.41, 5.74) is 2.55. The van der Waals surface area contributed by atoms with Crippen molar-refractivity contribution in [2.24, 2.45) is 0 Å². The van der Waals surface area contributed by atoms with Crippen molar-refractivity contribution in [2.45, 2.75) is 18.9 Å². The smallest absolute Gasteiger partial charge is 0.255 e. The molecule has 2 heterocycles. The van der Waals surface area contributed by atoms with Crippen LogP contribution in [0.1, 0.15) is 23.2 Å². The van der Waals surface area contributed by atoms with E-state index >= 15 is 0 Å². The van der Waals surface area contributed by atoms with Crippen LogP contribution in [0.2, 0.25) is 0 Å². The molecule has 5 nitrogen and oxygen atoms in total. The summed E-state index contributed by atoms with van der Waals surface area (Å²) < 4.78 is 5.46. The molecule has 0 saturated carbocycles. The predicted octanol–water partition coefficient (Wildman–Crippen LogP) is 2.95. The molecule has 0 aliphatic carbocycles. The van der Waals surface area contributed by atoms with Crippen LogP contribution in [0.25, 0.3) is 0 Å². The number of carbonyl (C=O) groups is 1. The Morgan fingerprint density at radius 3 is 2.65 bits per heavy atom. The lowest BCUT2D eigenvalue weighted by atomic mass is 10.1. The minimum absolute atomic E-state index is 0.127. The monoisotopic (exact) mass is 311 g/mol. The van der Waals surface area contributed by atoms with Crippen LogP contribution in [0.15, 0.2) is 48.8 Å². The van der Waals surface area contributed by atoms with Gasteiger partial charge in [0.25, 0.3) is 5.91 Å². The minimum atomic E-state index is -0.127. The van der Waals surface area contributed by atoms with Crippen LogP contribution in [0.5, 0.6) is 0 Å². The van der Waals surface area contributed by atoms with Gasteiger partial charge in [-0.25, -0.2) is 0 Å². The normalized spacial score (nSPS) is 17.8. The third-order valence-electron chi connectivity index (χ3n) is 4.14. The first-order chi connectivity index (χ1) is 11.3. The summed E-state index contributed by atoms with van der Waals surface area (Å²) >= 11 is 0. The molecule has 1 aromatic heterocycles. The van der Waals surface area contributed by atoms with Crippen LogP contribution in [-0.4, -0.2) is 37.2 Å². The largest absolute Gasteiger partial charge is 0.380 e. The second kappa shape index (κ2) is 7.24. The molecule has 0 spiro atoms. The number of amides is 1. The quantitative estimate of drug-likeness (QED) is 0.943. The lowest BCUT2D eigenvalue weighted by Gasteiger charge is -2.33. The van der Waals surface area contributed by atoms with Gasteiger partial charge in [0.15, 0.2) is 0 Å². The summed E-state index contributed by atoms with van der Waals surface area (Å²) in [5.74, 6) is -0.127. The maximum atomic E-state index is 12.1. The molecule has 5 heteroatoms. The number of hydrogen-bond donors (Lipinski definition) is 1. The number of piperidine rings is 1. The standard InChI is InChI=1S/C18H21N3O2/c1-23-17-3-2-12-21(13-17)16-6-4-15(5-7-16)20-18(22)14-8-10-19-11-9-14/h4-11,17H,2-3,12-13H2,1H3,(H,20,22). The van der Waals surface area contributed by atoms with Gasteiger partial charge in [-0.3, -0.25) is 9.78 Å². The Kier molecular flexibility index (Phi) is 4.88. The average molecular weight is 311 g/mol. The molecule has 1 saturated heterocycles. The van der Waals surface area contributed by atoms with Crippen molar-refractivity contribution in [2.75, 3.05) is 30.4 Å². The lowest BCUT2D eigenvalue weighted by molar-refractivity contribution is 0.0893. The molecule has 3 rings (SSSR count). The second-order valence-electron chi connectivity index (χ2n) is 5.68. The zero-order valence-electron chi connectivity index (χ0n) is 13.2. The van der Waals surface area contributed by atoms with Crippen LogP contribution in [0.3, 0.4) is 0 Å². The first kappa shape index (κ1) is 15.5. The van der Waals surface area contributed by atoms with Gasteiger partial charge in [-0.1, -0.05) is 0 Å². The van der Waals surface area contributed by atoms with Crippen LogP contribution >= 0.6 is 0 Å². The van der Waals surface area contributed by atoms with Crippen molar-refractivity contribution in [1.29, 1.82) is 0 Å². The number of hydrogen-bond acceptors (Lipinski definition) is 4. The molecule has 1 aromatic carbocycles. The van der Waals surface area contributed by atoms with Crippen LogP contribution in [-0.2, 0) is 4.74 Å². The van der Waals surface area contributed by atoms with Gasteiger partial charge in [0.1, 0.15) is 0 Å². The molecule has 1 aliphatic rings. The highest BCUT2D eigenvalue weighted by Gasteiger charge is 2.19. The van der Waals surface area contributed by atoms with Gasteiger partial charge < -0.3 is 15.0 Å². The Balaban J connectivity index is 1.64. The van der Waals surface area contributed by atoms with E-state index in [1.807, 2.05) is 24.3 Å². The molecule has 1 amide bonds. The van der Waals surface area contributed by atoms with Crippen molar-refractivity contribution < 1.29 is 9.53 Å². The molecule has 1 aliphatic heterocycles. The third-order valence-corrected chi connectivity index (χ3v) is 4.14. The van der Waals surface area contributed by atoms with Crippen molar-refractivity contribution in [3.05, 3.63) is 54.4 Å². The number of rotatable bonds is 4. The number of benzene rings is 1. The number of ether oxygens (including phenoxy) is 1. The van der Waals surface area contributed by atoms with E-state index in [-0.39, 0.29) is 5.91 Å². The van der Waals surface area contributed by atoms with E-state index in [0.717, 1.165) is 37.3 Å². The van der Waals surface area contributed by atoms with E-state index < -0.39 is 0 Å². The Bertz CT molecular complexity index is 643. The average Bonchev–Trinajstić information content (AvgIpc) is 2.63. The first-order valence-electron chi connectivity index (χ1n) is 7.85. The first-order valence-corrected chi connectivity index (χ1v) is 7.85. The molecular weight excluding hydrogens is 290 g/mol. The zero-order chi connectivity index (χ0) is 16.1. The Labute approximate surface area is 136 Å². The number of pyridine rings is 1. The Morgan fingerprint density at radius 1 is 1.22 bits per heavy atom. The SMILES string of the molecule is COC1CCCN(c2ccc(NC(=O)c3ccncc3)cc2)C1. The fraction of sp³-hybridized carbons (Fsp3) is 0.333. The highest BCUT2D eigenvalue weighted by molar-refractivity contribution is 6.04. The maximum absolute atomic E-state index is 12.1. The molecule has 23 heavy (non-hydrogen) atoms. The highest BCUT2D eigenvalue weighted by Crippen LogP contribution is 2.23. The van der Waals surface area contributed by atoms with Crippen molar-refractivity contribution in [3.63, 3.8) is 0 Å². The molecule has 1 unspecified atom stereocenters. The number of carbonyl (C=O) groups excluding carboxylic acids is 1. The third kappa shape index (κ3) is 3.87. The van der Waals surface area contributed by atoms with E-state index in [4.69, 9.17) is 4.74 Å². The summed E-state index contributed by atoms with van der Waals surface area (Å²) in [6, 6.07) is 11.3. The predicted molar refractivity (Wildman–Crippen MR) is 90.9 cm³/mol. The second-order valence-corrected chi connectivity index (χ2v) is 5.68. The maximum Gasteiger partial charge on any atom is 0.255 e. The minimum Gasteiger partial charge on any atom is -0.380 e. The lowest BCUT2D eigenvalue weighted by Crippen LogP contribution is -2.39. The van der Waals surface area contributed by atoms with E-state index in [1.165, 1.54) is 0 Å². The van der Waals surface area contributed by atoms with E-state index in [1.54, 1.807) is 31.6 Å². The van der Waals surface area contributed by atoms with Crippen molar-refractivity contribution >= 4 is 17.3 Å². The fourth-order valence-electron chi connectivity index (χ4n) is 2.83. The number of methoxy groups -OCH3 is 1. The van der Waals surface area contributed by atoms with Gasteiger partial charge in [-0.15, -0.1) is 0 Å². The summed E-state index contributed by atoms with van der Waals surface area (Å²) in [5, 5.41) is 2.90. The molecule has 2 aromatic rings. The number of aromatic nitrogens is 1. The van der Waals surface area contributed by atoms with Gasteiger partial charge in [0.2, 0.25) is 0 Å². The van der Waals surface area contributed by atoms with E-state index in [9.17, 15) is 4.79 Å². The molecule has 1 fully saturated rings. The molecule has 1 N–H and O–H groups in total. The molecule has 1 atom stereocenters. The molecular formula is C18H21N3O2. The van der Waals surface area contributed by atoms with Gasteiger partial charge in [-0.2, -0.15) is 0 Å². The van der Waals surface area contributed by atoms with Crippen LogP contribution < -0.4 is 10.2 Å². The summed E-state index contributed by atoms with van der Waals surface area (Å²) in [7, 11) is 1.77. The van der Waals surface area contributed by atoms with Crippen LogP contribution in [0, 0.1) is 0 Å². The van der Waals surface area contributed by atoms with Gasteiger partial charge >= 0.3 is 0 Å². The number of anilines is 2. The molecule has 0 bridgehead atoms. The number of nitrogens with one attached hydrogen (secondary N) is 1. The van der Waals surface area contributed by atoms with Gasteiger partial charge in [0.05, 0.1) is 6.10 Å². The van der Waals surface area contributed by atoms with Crippen molar-refractivity contribution in [3.8, 4) is 0 Å². The van der Waals surface area contributed by atoms with E-state index in [0.29, 0.717) is 11.7 Å². The Hall–Kier alpha value is -2.40. The van der Waals surface area contributed by atoms with Gasteiger partial charge in [-0.05, 0) is 49.2 Å². The van der Waals surface area contributed by atoms with Crippen LogP contribution in [0.4, 0.5) is 11.4 Å². The fourth-order valence-corrected chi connectivity index (χ4v) is 2.83. The van der Waals surface area contributed by atoms with E-state index in [2.05, 4.69) is 15.2 Å². The van der Waals surface area contributed by atoms with Crippen molar-refractivity contribution in [1.82, 2.24) is 4.98 Å². The number of nitrogens with zero attached hydrogens (tertiary/aromatic N) is 2. The Morgan fingerprint density at radius 2 is 1.96 bits per heavy atom. The summed E-state index contributed by atoms with van der Waals surface area (Å²) in [6.07, 6.45) is 5.78. The molecule has 120 valence electrons. The highest BCUT2D eigenvalue weighted by atomic mass is 16.5. The molecule has 0 radical (unpaired) electrons. The van der Waals surface area contributed by atoms with Gasteiger partial charge in [0, 0.05) is 49.5 Å². The summed E-state index contributed by atoms with van der Waals surface area (Å²) in [6.45, 7) is 1.96.